The Bertz CT molecular complexity index is 462. The molecular formula is C11H12F3NO4. The Hall–Kier alpha value is -1.96. The lowest BCUT2D eigenvalue weighted by molar-refractivity contribution is -0.275. The first-order chi connectivity index (χ1) is 8.74. The van der Waals surface area contributed by atoms with E-state index in [0.29, 0.717) is 0 Å². The van der Waals surface area contributed by atoms with Crippen LogP contribution in [0.3, 0.4) is 0 Å². The third kappa shape index (κ3) is 4.32. The monoisotopic (exact) mass is 279 g/mol. The fraction of sp³-hybridized carbons (Fsp3) is 0.364. The van der Waals surface area contributed by atoms with Crippen molar-refractivity contribution < 1.29 is 32.5 Å². The highest BCUT2D eigenvalue weighted by Crippen LogP contribution is 2.36. The van der Waals surface area contributed by atoms with Crippen molar-refractivity contribution in [3.05, 3.63) is 23.8 Å². The summed E-state index contributed by atoms with van der Waals surface area (Å²) in [6, 6.07) is 2.47. The van der Waals surface area contributed by atoms with Crippen molar-refractivity contribution in [2.24, 2.45) is 5.73 Å². The van der Waals surface area contributed by atoms with Crippen LogP contribution in [0.2, 0.25) is 0 Å². The van der Waals surface area contributed by atoms with E-state index in [1.165, 1.54) is 12.1 Å². The number of phenolic OH excluding ortho intramolecular Hbond substituents is 1. The zero-order chi connectivity index (χ0) is 14.6. The maximum atomic E-state index is 12.1. The zero-order valence-electron chi connectivity index (χ0n) is 9.90. The van der Waals surface area contributed by atoms with Crippen LogP contribution in [0, 0.1) is 0 Å². The first kappa shape index (κ1) is 15.1. The number of phenols is 1. The van der Waals surface area contributed by atoms with E-state index in [2.05, 4.69) is 9.47 Å². The Morgan fingerprint density at radius 2 is 2.11 bits per heavy atom. The number of ether oxygens (including phenoxy) is 2. The van der Waals surface area contributed by atoms with Crippen LogP contribution in [0.15, 0.2) is 18.2 Å². The van der Waals surface area contributed by atoms with E-state index in [-0.39, 0.29) is 12.0 Å². The third-order valence-corrected chi connectivity index (χ3v) is 2.27. The van der Waals surface area contributed by atoms with Gasteiger partial charge in [-0.2, -0.15) is 0 Å². The van der Waals surface area contributed by atoms with Crippen LogP contribution in [0.5, 0.6) is 11.5 Å². The van der Waals surface area contributed by atoms with Crippen molar-refractivity contribution in [3.8, 4) is 11.5 Å². The number of hydrogen-bond acceptors (Lipinski definition) is 5. The maximum absolute atomic E-state index is 12.1. The van der Waals surface area contributed by atoms with Crippen LogP contribution in [0.25, 0.3) is 0 Å². The molecule has 0 amide bonds. The van der Waals surface area contributed by atoms with Crippen molar-refractivity contribution in [2.45, 2.75) is 18.8 Å². The summed E-state index contributed by atoms with van der Waals surface area (Å²) in [7, 11) is 1.15. The molecule has 0 aliphatic rings. The number of benzene rings is 1. The number of rotatable bonds is 4. The Kier molecular flexibility index (Phi) is 4.60. The number of esters is 1. The van der Waals surface area contributed by atoms with E-state index in [9.17, 15) is 23.1 Å². The molecule has 106 valence electrons. The molecule has 0 fully saturated rings. The minimum absolute atomic E-state index is 0.0350. The predicted octanol–water partition coefficient (Wildman–Crippen LogP) is 1.85. The zero-order valence-corrected chi connectivity index (χ0v) is 9.90. The Morgan fingerprint density at radius 3 is 2.63 bits per heavy atom. The number of hydrogen-bond donors (Lipinski definition) is 2. The molecule has 0 aromatic heterocycles. The maximum Gasteiger partial charge on any atom is 0.573 e. The summed E-state index contributed by atoms with van der Waals surface area (Å²) in [6.07, 6.45) is -5.21. The fourth-order valence-corrected chi connectivity index (χ4v) is 1.42. The molecule has 8 heteroatoms. The number of carbonyl (C=O) groups excluding carboxylic acids is 1. The highest BCUT2D eigenvalue weighted by atomic mass is 19.4. The van der Waals surface area contributed by atoms with Gasteiger partial charge in [0.2, 0.25) is 0 Å². The van der Waals surface area contributed by atoms with Crippen LogP contribution >= 0.6 is 0 Å². The van der Waals surface area contributed by atoms with Crippen LogP contribution in [0.4, 0.5) is 13.2 Å². The van der Waals surface area contributed by atoms with Gasteiger partial charge in [-0.3, -0.25) is 4.79 Å². The van der Waals surface area contributed by atoms with Gasteiger partial charge in [-0.15, -0.1) is 13.2 Å². The van der Waals surface area contributed by atoms with Gasteiger partial charge in [0.25, 0.3) is 0 Å². The van der Waals surface area contributed by atoms with Gasteiger partial charge < -0.3 is 20.3 Å². The molecule has 0 radical (unpaired) electrons. The lowest BCUT2D eigenvalue weighted by Crippen LogP contribution is -2.19. The van der Waals surface area contributed by atoms with E-state index in [1.807, 2.05) is 0 Å². The number of methoxy groups -OCH3 is 1. The smallest absolute Gasteiger partial charge is 0.504 e. The molecule has 1 atom stereocenters. The molecular weight excluding hydrogens is 267 g/mol. The van der Waals surface area contributed by atoms with Crippen molar-refractivity contribution in [2.75, 3.05) is 7.11 Å². The number of alkyl halides is 3. The van der Waals surface area contributed by atoms with Crippen LogP contribution < -0.4 is 10.5 Å². The average Bonchev–Trinajstić information content (AvgIpc) is 2.29. The normalized spacial score (nSPS) is 12.9. The molecule has 1 aromatic rings. The molecule has 0 aliphatic heterocycles. The molecule has 5 nitrogen and oxygen atoms in total. The average molecular weight is 279 g/mol. The minimum Gasteiger partial charge on any atom is -0.504 e. The quantitative estimate of drug-likeness (QED) is 0.822. The third-order valence-electron chi connectivity index (χ3n) is 2.27. The van der Waals surface area contributed by atoms with E-state index in [1.54, 1.807) is 0 Å². The van der Waals surface area contributed by atoms with Crippen molar-refractivity contribution in [1.82, 2.24) is 0 Å². The first-order valence-electron chi connectivity index (χ1n) is 5.14. The Morgan fingerprint density at radius 1 is 1.47 bits per heavy atom. The van der Waals surface area contributed by atoms with Crippen LogP contribution in [-0.2, 0) is 9.53 Å². The van der Waals surface area contributed by atoms with Gasteiger partial charge in [-0.05, 0) is 6.07 Å². The van der Waals surface area contributed by atoms with Gasteiger partial charge in [0.15, 0.2) is 11.5 Å². The summed E-state index contributed by atoms with van der Waals surface area (Å²) in [5, 5.41) is 9.65. The van der Waals surface area contributed by atoms with Gasteiger partial charge >= 0.3 is 12.3 Å². The summed E-state index contributed by atoms with van der Waals surface area (Å²) < 4.78 is 44.3. The second-order valence-corrected chi connectivity index (χ2v) is 3.63. The molecule has 0 aliphatic carbocycles. The number of aromatic hydroxyl groups is 1. The number of halogens is 3. The summed E-state index contributed by atoms with van der Waals surface area (Å²) in [5.41, 5.74) is 5.57. The number of nitrogens with two attached hydrogens (primary N) is 1. The molecule has 0 saturated heterocycles. The largest absolute Gasteiger partial charge is 0.573 e. The molecule has 3 N–H and O–H groups in total. The van der Waals surface area contributed by atoms with Gasteiger partial charge in [-0.1, -0.05) is 12.1 Å². The summed E-state index contributed by atoms with van der Waals surface area (Å²) in [5.74, 6) is -2.17. The number of carbonyl (C=O) groups is 1. The lowest BCUT2D eigenvalue weighted by atomic mass is 10.0. The van der Waals surface area contributed by atoms with Gasteiger partial charge in [0.05, 0.1) is 13.5 Å². The minimum atomic E-state index is -4.93. The standard InChI is InChI=1S/C11H12F3NO4/c1-18-9(16)5-7(15)6-3-2-4-8(10(6)17)19-11(12,13)14/h2-4,7,17H,5,15H2,1H3/t7-/m0/s1. The predicted molar refractivity (Wildman–Crippen MR) is 58.4 cm³/mol. The summed E-state index contributed by atoms with van der Waals surface area (Å²) in [6.45, 7) is 0. The van der Waals surface area contributed by atoms with Crippen LogP contribution in [0.1, 0.15) is 18.0 Å². The molecule has 0 saturated carbocycles. The lowest BCUT2D eigenvalue weighted by Gasteiger charge is -2.16. The molecule has 1 rings (SSSR count). The molecule has 0 heterocycles. The van der Waals surface area contributed by atoms with E-state index < -0.39 is 29.9 Å². The molecule has 0 unspecified atom stereocenters. The van der Waals surface area contributed by atoms with Gasteiger partial charge in [-0.25, -0.2) is 0 Å². The molecule has 19 heavy (non-hydrogen) atoms. The van der Waals surface area contributed by atoms with E-state index in [4.69, 9.17) is 5.73 Å². The van der Waals surface area contributed by atoms with Gasteiger partial charge in [0, 0.05) is 11.6 Å². The van der Waals surface area contributed by atoms with E-state index >= 15 is 0 Å². The topological polar surface area (TPSA) is 81.8 Å². The highest BCUT2D eigenvalue weighted by molar-refractivity contribution is 5.70. The fourth-order valence-electron chi connectivity index (χ4n) is 1.42. The SMILES string of the molecule is COC(=O)C[C@H](N)c1cccc(OC(F)(F)F)c1O. The Labute approximate surface area is 106 Å². The van der Waals surface area contributed by atoms with E-state index in [0.717, 1.165) is 13.2 Å². The highest BCUT2D eigenvalue weighted by Gasteiger charge is 2.33. The molecule has 0 bridgehead atoms. The summed E-state index contributed by atoms with van der Waals surface area (Å²) >= 11 is 0. The Balaban J connectivity index is 2.97. The molecule has 0 spiro atoms. The molecule has 1 aromatic carbocycles. The second-order valence-electron chi connectivity index (χ2n) is 3.63. The van der Waals surface area contributed by atoms with Crippen molar-refractivity contribution in [3.63, 3.8) is 0 Å². The summed E-state index contributed by atoms with van der Waals surface area (Å²) in [4.78, 5) is 11.0. The van der Waals surface area contributed by atoms with Crippen molar-refractivity contribution >= 4 is 5.97 Å². The van der Waals surface area contributed by atoms with Crippen LogP contribution in [-0.4, -0.2) is 24.5 Å². The first-order valence-corrected chi connectivity index (χ1v) is 5.14. The van der Waals surface area contributed by atoms with Gasteiger partial charge in [0.1, 0.15) is 0 Å². The number of para-hydroxylation sites is 1. The second kappa shape index (κ2) is 5.79. The van der Waals surface area contributed by atoms with Crippen molar-refractivity contribution in [1.29, 1.82) is 0 Å².